The number of ether oxygens (including phenoxy) is 1. The molecule has 186 valence electrons. The van der Waals surface area contributed by atoms with Gasteiger partial charge in [0, 0.05) is 21.5 Å². The van der Waals surface area contributed by atoms with Crippen LogP contribution in [0.2, 0.25) is 0 Å². The first-order valence-electron chi connectivity index (χ1n) is 11.8. The van der Waals surface area contributed by atoms with E-state index in [0.29, 0.717) is 16.3 Å². The molecule has 1 aliphatic carbocycles. The Labute approximate surface area is 219 Å². The van der Waals surface area contributed by atoms with Crippen LogP contribution in [0.25, 0.3) is 6.08 Å². The number of thioether (sulfide) groups is 1. The van der Waals surface area contributed by atoms with Gasteiger partial charge in [-0.2, -0.15) is 0 Å². The molecule has 0 bridgehead atoms. The Morgan fingerprint density at radius 1 is 1.03 bits per heavy atom. The Balaban J connectivity index is 1.39. The summed E-state index contributed by atoms with van der Waals surface area (Å²) >= 11 is 2.86. The molecule has 1 aliphatic rings. The van der Waals surface area contributed by atoms with Gasteiger partial charge in [0.05, 0.1) is 17.9 Å². The number of anilines is 2. The molecule has 8 heteroatoms. The molecule has 4 rings (SSSR count). The summed E-state index contributed by atoms with van der Waals surface area (Å²) in [5.41, 5.74) is 3.10. The number of aryl methyl sites for hydroxylation is 1. The minimum absolute atomic E-state index is 0.191. The maximum absolute atomic E-state index is 13.0. The summed E-state index contributed by atoms with van der Waals surface area (Å²) in [6.45, 7) is 1.82. The fourth-order valence-corrected chi connectivity index (χ4v) is 6.22. The third-order valence-electron chi connectivity index (χ3n) is 5.81. The fraction of sp³-hybridized carbons (Fsp3) is 0.250. The van der Waals surface area contributed by atoms with Crippen molar-refractivity contribution in [2.75, 3.05) is 17.7 Å². The lowest BCUT2D eigenvalue weighted by Gasteiger charge is -2.13. The van der Waals surface area contributed by atoms with Crippen molar-refractivity contribution in [2.45, 2.75) is 42.8 Å². The van der Waals surface area contributed by atoms with Gasteiger partial charge in [0.25, 0.3) is 0 Å². The van der Waals surface area contributed by atoms with Crippen LogP contribution in [-0.4, -0.2) is 30.1 Å². The summed E-state index contributed by atoms with van der Waals surface area (Å²) < 4.78 is 5.00. The molecule has 6 nitrogen and oxygen atoms in total. The van der Waals surface area contributed by atoms with Gasteiger partial charge in [0.2, 0.25) is 11.8 Å². The van der Waals surface area contributed by atoms with Crippen molar-refractivity contribution in [3.8, 4) is 0 Å². The van der Waals surface area contributed by atoms with E-state index in [-0.39, 0.29) is 11.8 Å². The van der Waals surface area contributed by atoms with Crippen LogP contribution >= 0.6 is 23.1 Å². The lowest BCUT2D eigenvalue weighted by molar-refractivity contribution is -0.115. The number of methoxy groups -OCH3 is 1. The maximum Gasteiger partial charge on any atom is 0.341 e. The van der Waals surface area contributed by atoms with E-state index in [9.17, 15) is 14.4 Å². The number of thiophene rings is 1. The highest BCUT2D eigenvalue weighted by Crippen LogP contribution is 2.39. The molecule has 0 aliphatic heterocycles. The highest BCUT2D eigenvalue weighted by Gasteiger charge is 2.28. The van der Waals surface area contributed by atoms with E-state index in [2.05, 4.69) is 10.6 Å². The van der Waals surface area contributed by atoms with E-state index in [1.807, 2.05) is 61.5 Å². The first-order valence-corrected chi connectivity index (χ1v) is 13.5. The standard InChI is InChI=1S/C28H28N2O4S2/c1-18(26(32)30-27-25(28(33)34-2)22-13-6-7-14-23(22)36-27)35-21-12-8-11-20(17-21)29-24(31)16-15-19-9-4-3-5-10-19/h3-5,8-12,15-18H,6-7,13-14H2,1-2H3,(H,29,31)(H,30,32)/b16-15+. The second kappa shape index (κ2) is 12.1. The van der Waals surface area contributed by atoms with Crippen LogP contribution < -0.4 is 10.6 Å². The number of benzene rings is 2. The highest BCUT2D eigenvalue weighted by atomic mass is 32.2. The van der Waals surface area contributed by atoms with E-state index < -0.39 is 11.2 Å². The van der Waals surface area contributed by atoms with Crippen molar-refractivity contribution < 1.29 is 19.1 Å². The smallest absolute Gasteiger partial charge is 0.341 e. The monoisotopic (exact) mass is 520 g/mol. The number of carbonyl (C=O) groups excluding carboxylic acids is 3. The molecular weight excluding hydrogens is 492 g/mol. The Bertz CT molecular complexity index is 1280. The van der Waals surface area contributed by atoms with Crippen molar-refractivity contribution >= 4 is 57.6 Å². The molecule has 0 spiro atoms. The van der Waals surface area contributed by atoms with Gasteiger partial charge >= 0.3 is 5.97 Å². The number of hydrogen-bond acceptors (Lipinski definition) is 6. The van der Waals surface area contributed by atoms with Crippen LogP contribution in [0, 0.1) is 0 Å². The third kappa shape index (κ3) is 6.44. The molecule has 2 aromatic carbocycles. The van der Waals surface area contributed by atoms with Crippen LogP contribution in [0.15, 0.2) is 65.6 Å². The van der Waals surface area contributed by atoms with Gasteiger partial charge in [0.1, 0.15) is 5.00 Å². The van der Waals surface area contributed by atoms with Crippen LogP contribution in [0.5, 0.6) is 0 Å². The lowest BCUT2D eigenvalue weighted by atomic mass is 9.95. The second-order valence-corrected chi connectivity index (χ2v) is 10.9. The van der Waals surface area contributed by atoms with E-state index >= 15 is 0 Å². The zero-order valence-electron chi connectivity index (χ0n) is 20.2. The minimum Gasteiger partial charge on any atom is -0.465 e. The molecular formula is C28H28N2O4S2. The fourth-order valence-electron chi connectivity index (χ4n) is 4.01. The Morgan fingerprint density at radius 3 is 2.58 bits per heavy atom. The first-order chi connectivity index (χ1) is 17.4. The first kappa shape index (κ1) is 25.7. The Morgan fingerprint density at radius 2 is 1.81 bits per heavy atom. The molecule has 1 atom stereocenters. The van der Waals surface area contributed by atoms with Crippen LogP contribution in [-0.2, 0) is 27.2 Å². The largest absolute Gasteiger partial charge is 0.465 e. The molecule has 2 amide bonds. The van der Waals surface area contributed by atoms with Gasteiger partial charge in [0.15, 0.2) is 0 Å². The number of hydrogen-bond donors (Lipinski definition) is 2. The molecule has 1 unspecified atom stereocenters. The molecule has 1 heterocycles. The molecule has 1 aromatic heterocycles. The van der Waals surface area contributed by atoms with Crippen molar-refractivity contribution in [3.05, 3.63) is 82.2 Å². The summed E-state index contributed by atoms with van der Waals surface area (Å²) in [4.78, 5) is 39.8. The van der Waals surface area contributed by atoms with Crippen molar-refractivity contribution in [1.82, 2.24) is 0 Å². The lowest BCUT2D eigenvalue weighted by Crippen LogP contribution is -2.23. The van der Waals surface area contributed by atoms with Crippen LogP contribution in [0.4, 0.5) is 10.7 Å². The average molecular weight is 521 g/mol. The summed E-state index contributed by atoms with van der Waals surface area (Å²) in [6, 6.07) is 17.0. The number of esters is 1. The molecule has 0 saturated carbocycles. The quantitative estimate of drug-likeness (QED) is 0.210. The van der Waals surface area contributed by atoms with Gasteiger partial charge in [-0.25, -0.2) is 4.79 Å². The van der Waals surface area contributed by atoms with Crippen molar-refractivity contribution in [2.24, 2.45) is 0 Å². The normalized spacial score (nSPS) is 13.6. The number of carbonyl (C=O) groups is 3. The van der Waals surface area contributed by atoms with Crippen LogP contribution in [0.3, 0.4) is 0 Å². The summed E-state index contributed by atoms with van der Waals surface area (Å²) in [7, 11) is 1.36. The minimum atomic E-state index is -0.418. The average Bonchev–Trinajstić information content (AvgIpc) is 3.25. The van der Waals surface area contributed by atoms with Gasteiger partial charge in [-0.3, -0.25) is 9.59 Å². The van der Waals surface area contributed by atoms with Gasteiger partial charge in [-0.1, -0.05) is 36.4 Å². The topological polar surface area (TPSA) is 84.5 Å². The van der Waals surface area contributed by atoms with E-state index in [1.54, 1.807) is 6.08 Å². The molecule has 0 radical (unpaired) electrons. The Hall–Kier alpha value is -3.36. The number of fused-ring (bicyclic) bond motifs is 1. The molecule has 0 fully saturated rings. The predicted molar refractivity (Wildman–Crippen MR) is 147 cm³/mol. The zero-order valence-corrected chi connectivity index (χ0v) is 21.8. The van der Waals surface area contributed by atoms with Gasteiger partial charge < -0.3 is 15.4 Å². The molecule has 2 N–H and O–H groups in total. The van der Waals surface area contributed by atoms with E-state index in [1.165, 1.54) is 36.3 Å². The van der Waals surface area contributed by atoms with Gasteiger partial charge in [-0.05, 0) is 68.0 Å². The summed E-state index contributed by atoms with van der Waals surface area (Å²) in [6.07, 6.45) is 7.11. The molecule has 0 saturated heterocycles. The van der Waals surface area contributed by atoms with E-state index in [0.717, 1.165) is 46.6 Å². The van der Waals surface area contributed by atoms with Gasteiger partial charge in [-0.15, -0.1) is 23.1 Å². The predicted octanol–water partition coefficient (Wildman–Crippen LogP) is 6.18. The number of nitrogens with one attached hydrogen (secondary N) is 2. The van der Waals surface area contributed by atoms with Crippen molar-refractivity contribution in [1.29, 1.82) is 0 Å². The summed E-state index contributed by atoms with van der Waals surface area (Å²) in [5, 5.41) is 5.97. The van der Waals surface area contributed by atoms with Crippen LogP contribution in [0.1, 0.15) is 46.1 Å². The zero-order chi connectivity index (χ0) is 25.5. The molecule has 36 heavy (non-hydrogen) atoms. The maximum atomic E-state index is 13.0. The Kier molecular flexibility index (Phi) is 8.61. The number of amides is 2. The highest BCUT2D eigenvalue weighted by molar-refractivity contribution is 8.00. The van der Waals surface area contributed by atoms with Crippen molar-refractivity contribution in [3.63, 3.8) is 0 Å². The summed E-state index contributed by atoms with van der Waals surface area (Å²) in [5.74, 6) is -0.831. The third-order valence-corrected chi connectivity index (χ3v) is 8.11. The SMILES string of the molecule is COC(=O)c1c(NC(=O)C(C)Sc2cccc(NC(=O)/C=C/c3ccccc3)c2)sc2c1CCCC2. The van der Waals surface area contributed by atoms with E-state index in [4.69, 9.17) is 4.74 Å². The molecule has 3 aromatic rings. The number of rotatable bonds is 8. The second-order valence-electron chi connectivity index (χ2n) is 8.42.